The summed E-state index contributed by atoms with van der Waals surface area (Å²) in [4.78, 5) is 2.45. The second kappa shape index (κ2) is 6.99. The highest BCUT2D eigenvalue weighted by molar-refractivity contribution is 7.88. The van der Waals surface area contributed by atoms with Gasteiger partial charge in [0.1, 0.15) is 0 Å². The molecule has 2 aliphatic rings. The average Bonchev–Trinajstić information content (AvgIpc) is 2.64. The highest BCUT2D eigenvalue weighted by Crippen LogP contribution is 2.37. The number of thiol groups is 1. The highest BCUT2D eigenvalue weighted by atomic mass is 32.2. The lowest BCUT2D eigenvalue weighted by Gasteiger charge is -2.40. The minimum absolute atomic E-state index is 0.354. The summed E-state index contributed by atoms with van der Waals surface area (Å²) in [5, 5.41) is 0. The minimum Gasteiger partial charge on any atom is -0.300 e. The summed E-state index contributed by atoms with van der Waals surface area (Å²) in [5.41, 5.74) is 0.354. The largest absolute Gasteiger partial charge is 0.300 e. The summed E-state index contributed by atoms with van der Waals surface area (Å²) >= 11 is 4.63. The van der Waals surface area contributed by atoms with Crippen LogP contribution in [0.1, 0.15) is 38.5 Å². The van der Waals surface area contributed by atoms with Crippen molar-refractivity contribution in [1.29, 1.82) is 0 Å². The number of hydrogen-bond donors (Lipinski definition) is 1. The lowest BCUT2D eigenvalue weighted by molar-refractivity contribution is 0.115. The molecule has 0 amide bonds. The predicted molar refractivity (Wildman–Crippen MR) is 86.8 cm³/mol. The van der Waals surface area contributed by atoms with E-state index in [4.69, 9.17) is 0 Å². The van der Waals surface area contributed by atoms with Crippen molar-refractivity contribution in [1.82, 2.24) is 9.21 Å². The van der Waals surface area contributed by atoms with Crippen molar-refractivity contribution >= 4 is 22.7 Å². The highest BCUT2D eigenvalue weighted by Gasteiger charge is 2.33. The van der Waals surface area contributed by atoms with Gasteiger partial charge < -0.3 is 4.90 Å². The van der Waals surface area contributed by atoms with Crippen molar-refractivity contribution < 1.29 is 8.42 Å². The molecule has 2 rings (SSSR count). The van der Waals surface area contributed by atoms with Crippen molar-refractivity contribution in [3.8, 4) is 0 Å². The normalized spacial score (nSPS) is 26.3. The van der Waals surface area contributed by atoms with Crippen molar-refractivity contribution in [2.45, 2.75) is 38.5 Å². The Hall–Kier alpha value is 0.220. The maximum atomic E-state index is 11.5. The molecule has 0 atom stereocenters. The topological polar surface area (TPSA) is 40.6 Å². The van der Waals surface area contributed by atoms with E-state index >= 15 is 0 Å². The van der Waals surface area contributed by atoms with Gasteiger partial charge in [-0.15, -0.1) is 0 Å². The van der Waals surface area contributed by atoms with E-state index in [1.807, 2.05) is 0 Å². The molecule has 1 heterocycles. The van der Waals surface area contributed by atoms with E-state index in [0.717, 1.165) is 25.4 Å². The average molecular weight is 321 g/mol. The van der Waals surface area contributed by atoms with Gasteiger partial charge in [0, 0.05) is 32.7 Å². The standard InChI is InChI=1S/C14H28N2O2S2/c1-20(17,18)16-10-8-15(9-11-16)12-14(13-19)6-4-2-3-5-7-14/h19H,2-13H2,1H3. The van der Waals surface area contributed by atoms with Gasteiger partial charge in [-0.3, -0.25) is 0 Å². The quantitative estimate of drug-likeness (QED) is 0.635. The van der Waals surface area contributed by atoms with Crippen molar-refractivity contribution in [3.05, 3.63) is 0 Å². The summed E-state index contributed by atoms with van der Waals surface area (Å²) in [7, 11) is -3.02. The predicted octanol–water partition coefficient (Wildman–Crippen LogP) is 1.83. The minimum atomic E-state index is -3.02. The summed E-state index contributed by atoms with van der Waals surface area (Å²) in [6, 6.07) is 0. The molecule has 4 nitrogen and oxygen atoms in total. The Morgan fingerprint density at radius 1 is 1.00 bits per heavy atom. The van der Waals surface area contributed by atoms with Crippen LogP contribution in [0.4, 0.5) is 0 Å². The van der Waals surface area contributed by atoms with Gasteiger partial charge in [0.2, 0.25) is 10.0 Å². The van der Waals surface area contributed by atoms with Crippen molar-refractivity contribution in [2.75, 3.05) is 44.7 Å². The fourth-order valence-corrected chi connectivity index (χ4v) is 4.78. The Labute approximate surface area is 129 Å². The zero-order valence-corrected chi connectivity index (χ0v) is 14.3. The van der Waals surface area contributed by atoms with Gasteiger partial charge in [-0.05, 0) is 24.0 Å². The maximum absolute atomic E-state index is 11.5. The molecule has 0 spiro atoms. The van der Waals surface area contributed by atoms with Crippen molar-refractivity contribution in [3.63, 3.8) is 0 Å². The third-order valence-electron chi connectivity index (χ3n) is 4.86. The molecular formula is C14H28N2O2S2. The molecule has 0 unspecified atom stereocenters. The smallest absolute Gasteiger partial charge is 0.211 e. The summed E-state index contributed by atoms with van der Waals surface area (Å²) < 4.78 is 24.7. The van der Waals surface area contributed by atoms with Gasteiger partial charge in [0.05, 0.1) is 6.26 Å². The number of piperazine rings is 1. The Balaban J connectivity index is 1.90. The van der Waals surface area contributed by atoms with E-state index in [0.29, 0.717) is 18.5 Å². The first-order valence-electron chi connectivity index (χ1n) is 7.74. The first kappa shape index (κ1) is 16.6. The van der Waals surface area contributed by atoms with Crippen molar-refractivity contribution in [2.24, 2.45) is 5.41 Å². The first-order valence-corrected chi connectivity index (χ1v) is 10.2. The van der Waals surface area contributed by atoms with Gasteiger partial charge >= 0.3 is 0 Å². The van der Waals surface area contributed by atoms with E-state index in [-0.39, 0.29) is 0 Å². The maximum Gasteiger partial charge on any atom is 0.211 e. The number of rotatable bonds is 4. The van der Waals surface area contributed by atoms with E-state index in [1.165, 1.54) is 44.8 Å². The molecule has 0 N–H and O–H groups in total. The molecule has 6 heteroatoms. The van der Waals surface area contributed by atoms with Crippen LogP contribution in [0, 0.1) is 5.41 Å². The van der Waals surface area contributed by atoms with Gasteiger partial charge in [0.15, 0.2) is 0 Å². The second-order valence-electron chi connectivity index (χ2n) is 6.51. The summed E-state index contributed by atoms with van der Waals surface area (Å²) in [5.74, 6) is 0.958. The fraction of sp³-hybridized carbons (Fsp3) is 1.00. The summed E-state index contributed by atoms with van der Waals surface area (Å²) in [6.45, 7) is 4.10. The number of hydrogen-bond acceptors (Lipinski definition) is 4. The Kier molecular flexibility index (Phi) is 5.79. The number of nitrogens with zero attached hydrogens (tertiary/aromatic N) is 2. The van der Waals surface area contributed by atoms with Crippen LogP contribution >= 0.6 is 12.6 Å². The Morgan fingerprint density at radius 3 is 2.00 bits per heavy atom. The third-order valence-corrected chi connectivity index (χ3v) is 6.83. The molecule has 2 fully saturated rings. The molecule has 0 aromatic carbocycles. The summed E-state index contributed by atoms with van der Waals surface area (Å²) in [6.07, 6.45) is 9.23. The molecule has 0 aromatic rings. The van der Waals surface area contributed by atoms with Crippen LogP contribution in [0.3, 0.4) is 0 Å². The monoisotopic (exact) mass is 320 g/mol. The zero-order chi connectivity index (χ0) is 14.6. The van der Waals surface area contributed by atoms with E-state index in [9.17, 15) is 8.42 Å². The van der Waals surface area contributed by atoms with Crippen LogP contribution in [0.5, 0.6) is 0 Å². The Bertz CT molecular complexity index is 395. The molecule has 20 heavy (non-hydrogen) atoms. The molecule has 1 aliphatic heterocycles. The lowest BCUT2D eigenvalue weighted by Crippen LogP contribution is -2.51. The van der Waals surface area contributed by atoms with Crippen LogP contribution in [0.15, 0.2) is 0 Å². The van der Waals surface area contributed by atoms with Crippen LogP contribution in [0.25, 0.3) is 0 Å². The van der Waals surface area contributed by atoms with Crippen LogP contribution in [-0.4, -0.2) is 62.4 Å². The molecular weight excluding hydrogens is 292 g/mol. The van der Waals surface area contributed by atoms with Crippen LogP contribution in [0.2, 0.25) is 0 Å². The number of sulfonamides is 1. The molecule has 0 radical (unpaired) electrons. The molecule has 1 saturated carbocycles. The second-order valence-corrected chi connectivity index (χ2v) is 8.81. The molecule has 118 valence electrons. The third kappa shape index (κ3) is 4.36. The fourth-order valence-electron chi connectivity index (χ4n) is 3.54. The Morgan fingerprint density at radius 2 is 1.55 bits per heavy atom. The van der Waals surface area contributed by atoms with Gasteiger partial charge in [-0.1, -0.05) is 25.7 Å². The molecule has 1 aliphatic carbocycles. The van der Waals surface area contributed by atoms with Gasteiger partial charge in [-0.2, -0.15) is 16.9 Å². The lowest BCUT2D eigenvalue weighted by atomic mass is 9.81. The zero-order valence-electron chi connectivity index (χ0n) is 12.6. The SMILES string of the molecule is CS(=O)(=O)N1CCN(CC2(CS)CCCCCC2)CC1. The van der Waals surface area contributed by atoms with Crippen LogP contribution in [-0.2, 0) is 10.0 Å². The van der Waals surface area contributed by atoms with Crippen LogP contribution < -0.4 is 0 Å². The van der Waals surface area contributed by atoms with Gasteiger partial charge in [-0.25, -0.2) is 8.42 Å². The van der Waals surface area contributed by atoms with Gasteiger partial charge in [0.25, 0.3) is 0 Å². The molecule has 0 aromatic heterocycles. The molecule has 0 bridgehead atoms. The van der Waals surface area contributed by atoms with E-state index < -0.39 is 10.0 Å². The molecule has 1 saturated heterocycles. The van der Waals surface area contributed by atoms with E-state index in [1.54, 1.807) is 4.31 Å². The first-order chi connectivity index (χ1) is 9.45. The van der Waals surface area contributed by atoms with E-state index in [2.05, 4.69) is 17.5 Å².